The average Bonchev–Trinajstić information content (AvgIpc) is 3.72. The van der Waals surface area contributed by atoms with Crippen molar-refractivity contribution in [2.45, 2.75) is 30.3 Å². The molecule has 12 heteroatoms. The number of rotatable bonds is 9. The average molecular weight is 579 g/mol. The van der Waals surface area contributed by atoms with Crippen molar-refractivity contribution in [3.8, 4) is 0 Å². The highest BCUT2D eigenvalue weighted by Gasteiger charge is 2.52. The van der Waals surface area contributed by atoms with Crippen molar-refractivity contribution in [1.82, 2.24) is 15.1 Å². The van der Waals surface area contributed by atoms with Crippen molar-refractivity contribution in [1.29, 1.82) is 0 Å². The van der Waals surface area contributed by atoms with Crippen molar-refractivity contribution in [2.24, 2.45) is 0 Å². The summed E-state index contributed by atoms with van der Waals surface area (Å²) in [6.45, 7) is -0.00652. The fourth-order valence-electron chi connectivity index (χ4n) is 5.19. The molecule has 0 spiro atoms. The van der Waals surface area contributed by atoms with Crippen LogP contribution in [0.2, 0.25) is 0 Å². The molecule has 2 saturated heterocycles. The minimum atomic E-state index is -0.882. The van der Waals surface area contributed by atoms with Crippen LogP contribution >= 0.6 is 23.1 Å². The summed E-state index contributed by atoms with van der Waals surface area (Å²) in [5, 5.41) is 17.8. The zero-order chi connectivity index (χ0) is 28.2. The third kappa shape index (κ3) is 5.63. The number of nitro groups is 1. The van der Waals surface area contributed by atoms with Crippen LogP contribution in [0, 0.1) is 10.1 Å². The topological polar surface area (TPSA) is 130 Å². The summed E-state index contributed by atoms with van der Waals surface area (Å²) in [5.41, 5.74) is 1.11. The van der Waals surface area contributed by atoms with Crippen LogP contribution in [0.5, 0.6) is 0 Å². The summed E-state index contributed by atoms with van der Waals surface area (Å²) < 4.78 is 0. The second-order valence-electron chi connectivity index (χ2n) is 9.54. The maximum absolute atomic E-state index is 13.8. The van der Waals surface area contributed by atoms with E-state index >= 15 is 0 Å². The van der Waals surface area contributed by atoms with Gasteiger partial charge in [-0.05, 0) is 29.5 Å². The molecule has 1 N–H and O–H groups in total. The Labute approximate surface area is 238 Å². The van der Waals surface area contributed by atoms with Gasteiger partial charge in [0.25, 0.3) is 17.5 Å². The molecule has 3 atom stereocenters. The molecule has 5 rings (SSSR count). The van der Waals surface area contributed by atoms with Gasteiger partial charge in [0, 0.05) is 29.5 Å². The Bertz CT molecular complexity index is 1430. The molecule has 0 aliphatic carbocycles. The van der Waals surface area contributed by atoms with Gasteiger partial charge in [0.1, 0.15) is 17.6 Å². The highest BCUT2D eigenvalue weighted by atomic mass is 32.2. The van der Waals surface area contributed by atoms with Crippen LogP contribution in [-0.4, -0.2) is 75.2 Å². The van der Waals surface area contributed by atoms with Gasteiger partial charge in [0.05, 0.1) is 23.1 Å². The van der Waals surface area contributed by atoms with Crippen LogP contribution < -0.4 is 5.32 Å². The first-order valence-corrected chi connectivity index (χ1v) is 14.8. The molecule has 206 valence electrons. The van der Waals surface area contributed by atoms with E-state index in [1.807, 2.05) is 30.3 Å². The molecular formula is C28H26N4O6S2. The lowest BCUT2D eigenvalue weighted by Crippen LogP contribution is -2.53. The minimum Gasteiger partial charge on any atom is -0.339 e. The Morgan fingerprint density at radius 3 is 2.55 bits per heavy atom. The number of likely N-dealkylation sites (tertiary alicyclic amines) is 2. The minimum absolute atomic E-state index is 0.0936. The van der Waals surface area contributed by atoms with Crippen molar-refractivity contribution >= 4 is 52.3 Å². The van der Waals surface area contributed by atoms with Gasteiger partial charge in [0.15, 0.2) is 5.78 Å². The van der Waals surface area contributed by atoms with E-state index in [1.54, 1.807) is 16.8 Å². The summed E-state index contributed by atoms with van der Waals surface area (Å²) in [5.74, 6) is -0.732. The van der Waals surface area contributed by atoms with E-state index < -0.39 is 29.0 Å². The first-order chi connectivity index (χ1) is 19.3. The van der Waals surface area contributed by atoms with Crippen molar-refractivity contribution in [3.63, 3.8) is 0 Å². The Kier molecular flexibility index (Phi) is 8.27. The summed E-state index contributed by atoms with van der Waals surface area (Å²) in [7, 11) is 0. The number of fused-ring (bicyclic) bond motifs is 1. The number of thioether (sulfide) groups is 1. The van der Waals surface area contributed by atoms with E-state index in [2.05, 4.69) is 5.32 Å². The Morgan fingerprint density at radius 2 is 1.82 bits per heavy atom. The molecule has 3 heterocycles. The number of hydrogen-bond donors (Lipinski definition) is 1. The predicted octanol–water partition coefficient (Wildman–Crippen LogP) is 3.38. The number of ketones is 1. The third-order valence-electron chi connectivity index (χ3n) is 7.08. The number of nitrogens with one attached hydrogen (secondary N) is 1. The molecule has 2 aliphatic heterocycles. The summed E-state index contributed by atoms with van der Waals surface area (Å²) in [6, 6.07) is 14.7. The zero-order valence-corrected chi connectivity index (χ0v) is 22.9. The molecule has 1 aromatic heterocycles. The van der Waals surface area contributed by atoms with Gasteiger partial charge in [-0.3, -0.25) is 29.3 Å². The number of Topliss-reactive ketones (excluding diaryl/α,β-unsaturated/α-hetero) is 1. The third-order valence-corrected chi connectivity index (χ3v) is 8.87. The molecule has 40 heavy (non-hydrogen) atoms. The highest BCUT2D eigenvalue weighted by molar-refractivity contribution is 7.98. The number of carbonyl (C=O) groups excluding carboxylic acids is 4. The van der Waals surface area contributed by atoms with Gasteiger partial charge in [-0.15, -0.1) is 0 Å². The number of carbonyl (C=O) groups is 4. The lowest BCUT2D eigenvalue weighted by Gasteiger charge is -2.28. The maximum atomic E-state index is 13.8. The number of para-hydroxylation sites is 1. The molecule has 3 amide bonds. The largest absolute Gasteiger partial charge is 0.339 e. The van der Waals surface area contributed by atoms with Crippen LogP contribution in [-0.2, 0) is 15.3 Å². The molecule has 10 nitrogen and oxygen atoms in total. The molecule has 2 aromatic carbocycles. The van der Waals surface area contributed by atoms with E-state index in [9.17, 15) is 29.3 Å². The molecule has 2 fully saturated rings. The van der Waals surface area contributed by atoms with Crippen molar-refractivity contribution < 1.29 is 24.1 Å². The fraction of sp³-hybridized carbons (Fsp3) is 0.286. The second-order valence-corrected chi connectivity index (χ2v) is 11.4. The van der Waals surface area contributed by atoms with Gasteiger partial charge < -0.3 is 15.1 Å². The number of thiophene rings is 1. The van der Waals surface area contributed by atoms with Crippen molar-refractivity contribution in [3.05, 3.63) is 98.2 Å². The van der Waals surface area contributed by atoms with Gasteiger partial charge in [-0.2, -0.15) is 23.1 Å². The highest BCUT2D eigenvalue weighted by Crippen LogP contribution is 2.33. The predicted molar refractivity (Wildman–Crippen MR) is 151 cm³/mol. The number of nitro benzene ring substituents is 1. The fourth-order valence-corrected chi connectivity index (χ4v) is 6.83. The first-order valence-electron chi connectivity index (χ1n) is 12.7. The Balaban J connectivity index is 1.33. The standard InChI is InChI=1S/C28H26N4O6S2/c33-24-14-31(27(35)20-8-4-5-9-22(20)32(37)38)23-10-12-30(25(23)24)28(36)21(29-26(34)19-11-13-39-16-19)17-40-15-18-6-2-1-3-7-18/h1-9,11,13,16,21,23,25H,10,12,14-15,17H2,(H,29,34)/t21-,23?,25-/m0/s1. The molecule has 0 radical (unpaired) electrons. The number of nitrogens with zero attached hydrogens (tertiary/aromatic N) is 3. The summed E-state index contributed by atoms with van der Waals surface area (Å²) in [6.07, 6.45) is 0.358. The van der Waals surface area contributed by atoms with Crippen LogP contribution in [0.25, 0.3) is 0 Å². The van der Waals surface area contributed by atoms with Gasteiger partial charge in [0.2, 0.25) is 5.91 Å². The molecule has 0 bridgehead atoms. The Morgan fingerprint density at radius 1 is 1.07 bits per heavy atom. The van der Waals surface area contributed by atoms with Crippen LogP contribution in [0.15, 0.2) is 71.4 Å². The maximum Gasteiger partial charge on any atom is 0.282 e. The smallest absolute Gasteiger partial charge is 0.282 e. The molecule has 0 saturated carbocycles. The number of benzene rings is 2. The first kappa shape index (κ1) is 27.5. The van der Waals surface area contributed by atoms with E-state index in [4.69, 9.17) is 0 Å². The molecule has 1 unspecified atom stereocenters. The molecular weight excluding hydrogens is 552 g/mol. The van der Waals surface area contributed by atoms with Gasteiger partial charge >= 0.3 is 0 Å². The van der Waals surface area contributed by atoms with Gasteiger partial charge in [-0.1, -0.05) is 42.5 Å². The summed E-state index contributed by atoms with van der Waals surface area (Å²) in [4.78, 5) is 66.9. The number of hydrogen-bond acceptors (Lipinski definition) is 8. The van der Waals surface area contributed by atoms with E-state index in [-0.39, 0.29) is 41.9 Å². The van der Waals surface area contributed by atoms with E-state index in [1.165, 1.54) is 57.2 Å². The van der Waals surface area contributed by atoms with Crippen LogP contribution in [0.3, 0.4) is 0 Å². The lowest BCUT2D eigenvalue weighted by molar-refractivity contribution is -0.385. The number of amides is 3. The Hall–Kier alpha value is -4.03. The van der Waals surface area contributed by atoms with Crippen LogP contribution in [0.4, 0.5) is 5.69 Å². The quantitative estimate of drug-likeness (QED) is 0.304. The summed E-state index contributed by atoms with van der Waals surface area (Å²) >= 11 is 2.88. The van der Waals surface area contributed by atoms with Gasteiger partial charge in [-0.25, -0.2) is 0 Å². The monoisotopic (exact) mass is 578 g/mol. The van der Waals surface area contributed by atoms with E-state index in [0.717, 1.165) is 5.56 Å². The van der Waals surface area contributed by atoms with E-state index in [0.29, 0.717) is 23.5 Å². The zero-order valence-electron chi connectivity index (χ0n) is 21.3. The molecule has 2 aliphatic rings. The second kappa shape index (κ2) is 12.0. The normalized spacial score (nSPS) is 18.9. The molecule has 3 aromatic rings. The van der Waals surface area contributed by atoms with Crippen molar-refractivity contribution in [2.75, 3.05) is 18.8 Å². The lowest BCUT2D eigenvalue weighted by atomic mass is 10.1. The SMILES string of the molecule is O=C(N[C@@H](CSCc1ccccc1)C(=O)N1CCC2[C@H]1C(=O)CN2C(=O)c1ccccc1[N+](=O)[O-])c1ccsc1. The van der Waals surface area contributed by atoms with Crippen LogP contribution in [0.1, 0.15) is 32.7 Å².